The number of H-pyrrole nitrogens is 1. The molecule has 4 heterocycles. The lowest BCUT2D eigenvalue weighted by Crippen LogP contribution is -2.43. The lowest BCUT2D eigenvalue weighted by atomic mass is 9.74. The maximum atomic E-state index is 4.45. The van der Waals surface area contributed by atoms with Gasteiger partial charge in [0.1, 0.15) is 5.65 Å². The maximum Gasteiger partial charge on any atom is 0.139 e. The predicted molar refractivity (Wildman–Crippen MR) is 98.0 cm³/mol. The number of nitrogens with zero attached hydrogens (tertiary/aromatic N) is 3. The van der Waals surface area contributed by atoms with Gasteiger partial charge in [0.2, 0.25) is 0 Å². The molecule has 0 bridgehead atoms. The molecule has 1 aromatic carbocycles. The van der Waals surface area contributed by atoms with Crippen LogP contribution in [0.3, 0.4) is 0 Å². The number of fused-ring (bicyclic) bond motifs is 3. The van der Waals surface area contributed by atoms with Crippen LogP contribution in [0.1, 0.15) is 18.4 Å². The summed E-state index contributed by atoms with van der Waals surface area (Å²) in [6.07, 6.45) is 6.36. The molecule has 0 unspecified atom stereocenters. The Labute approximate surface area is 142 Å². The van der Waals surface area contributed by atoms with E-state index in [0.717, 1.165) is 12.2 Å². The van der Waals surface area contributed by atoms with Crippen LogP contribution in [0, 0.1) is 0 Å². The first-order valence-electron chi connectivity index (χ1n) is 8.75. The molecule has 0 radical (unpaired) electrons. The van der Waals surface area contributed by atoms with E-state index in [2.05, 4.69) is 63.2 Å². The topological polar surface area (TPSA) is 35.2 Å². The van der Waals surface area contributed by atoms with Gasteiger partial charge in [-0.1, -0.05) is 18.2 Å². The van der Waals surface area contributed by atoms with E-state index in [-0.39, 0.29) is 5.41 Å². The van der Waals surface area contributed by atoms with E-state index in [1.807, 2.05) is 12.4 Å². The summed E-state index contributed by atoms with van der Waals surface area (Å²) in [4.78, 5) is 12.7. The third-order valence-corrected chi connectivity index (χ3v) is 5.90. The molecule has 0 atom stereocenters. The Hall–Kier alpha value is -2.33. The number of benzene rings is 1. The average molecular weight is 318 g/mol. The Morgan fingerprint density at radius 3 is 2.75 bits per heavy atom. The summed E-state index contributed by atoms with van der Waals surface area (Å²) in [5, 5.41) is 1.21. The van der Waals surface area contributed by atoms with Crippen LogP contribution in [0.5, 0.6) is 0 Å². The minimum Gasteiger partial charge on any atom is -0.346 e. The summed E-state index contributed by atoms with van der Waals surface area (Å²) in [5.41, 5.74) is 5.42. The molecule has 2 aliphatic heterocycles. The molecule has 0 saturated carbocycles. The molecule has 0 aliphatic carbocycles. The third kappa shape index (κ3) is 1.93. The van der Waals surface area contributed by atoms with Crippen LogP contribution in [0.4, 0.5) is 11.4 Å². The molecule has 2 aliphatic rings. The van der Waals surface area contributed by atoms with Gasteiger partial charge in [-0.15, -0.1) is 0 Å². The van der Waals surface area contributed by atoms with Crippen LogP contribution in [0.25, 0.3) is 11.0 Å². The first-order valence-corrected chi connectivity index (χ1v) is 8.75. The second-order valence-electron chi connectivity index (χ2n) is 7.26. The molecule has 4 nitrogen and oxygen atoms in total. The van der Waals surface area contributed by atoms with E-state index in [1.165, 1.54) is 48.3 Å². The Morgan fingerprint density at radius 2 is 1.88 bits per heavy atom. The van der Waals surface area contributed by atoms with Crippen LogP contribution in [-0.4, -0.2) is 41.5 Å². The van der Waals surface area contributed by atoms with Gasteiger partial charge in [0.05, 0.1) is 5.69 Å². The highest BCUT2D eigenvalue weighted by Crippen LogP contribution is 2.50. The van der Waals surface area contributed by atoms with Gasteiger partial charge in [0, 0.05) is 35.4 Å². The number of nitrogens with one attached hydrogen (secondary N) is 1. The maximum absolute atomic E-state index is 4.45. The monoisotopic (exact) mass is 318 g/mol. The summed E-state index contributed by atoms with van der Waals surface area (Å²) in [7, 11) is 2.23. The Kier molecular flexibility index (Phi) is 2.98. The highest BCUT2D eigenvalue weighted by Gasteiger charge is 2.44. The van der Waals surface area contributed by atoms with Gasteiger partial charge in [-0.3, -0.25) is 0 Å². The summed E-state index contributed by atoms with van der Waals surface area (Å²) < 4.78 is 0. The van der Waals surface area contributed by atoms with Crippen molar-refractivity contribution in [1.29, 1.82) is 0 Å². The zero-order valence-corrected chi connectivity index (χ0v) is 14.0. The quantitative estimate of drug-likeness (QED) is 0.743. The Morgan fingerprint density at radius 1 is 1.04 bits per heavy atom. The third-order valence-electron chi connectivity index (χ3n) is 5.90. The molecule has 2 aromatic heterocycles. The lowest BCUT2D eigenvalue weighted by molar-refractivity contribution is 0.198. The standard InChI is InChI=1S/C20H22N4/c1-23-12-8-20(9-13-23)14-24(18-5-3-2-4-16(18)20)17-7-11-22-19-15(17)6-10-21-19/h2-7,10-11H,8-9,12-14H2,1H3,(H,21,22). The minimum atomic E-state index is 0.287. The van der Waals surface area contributed by atoms with Gasteiger partial charge < -0.3 is 14.8 Å². The van der Waals surface area contributed by atoms with Crippen molar-refractivity contribution in [2.24, 2.45) is 0 Å². The van der Waals surface area contributed by atoms with Crippen LogP contribution in [0.15, 0.2) is 48.8 Å². The molecule has 0 amide bonds. The van der Waals surface area contributed by atoms with Crippen molar-refractivity contribution in [2.45, 2.75) is 18.3 Å². The van der Waals surface area contributed by atoms with Crippen LogP contribution in [0.2, 0.25) is 0 Å². The molecule has 5 rings (SSSR count). The normalized spacial score (nSPS) is 20.0. The molecular formula is C20H22N4. The summed E-state index contributed by atoms with van der Waals surface area (Å²) in [5.74, 6) is 0. The van der Waals surface area contributed by atoms with Crippen molar-refractivity contribution >= 4 is 22.4 Å². The number of pyridine rings is 1. The van der Waals surface area contributed by atoms with E-state index in [1.54, 1.807) is 0 Å². The van der Waals surface area contributed by atoms with Crippen molar-refractivity contribution in [2.75, 3.05) is 31.6 Å². The lowest BCUT2D eigenvalue weighted by Gasteiger charge is -2.38. The van der Waals surface area contributed by atoms with E-state index in [9.17, 15) is 0 Å². The zero-order chi connectivity index (χ0) is 16.1. The van der Waals surface area contributed by atoms with Crippen LogP contribution in [-0.2, 0) is 5.41 Å². The van der Waals surface area contributed by atoms with Crippen molar-refractivity contribution in [3.63, 3.8) is 0 Å². The van der Waals surface area contributed by atoms with Gasteiger partial charge >= 0.3 is 0 Å². The van der Waals surface area contributed by atoms with Crippen LogP contribution < -0.4 is 4.90 Å². The number of piperidine rings is 1. The van der Waals surface area contributed by atoms with E-state index in [0.29, 0.717) is 0 Å². The molecule has 3 aromatic rings. The zero-order valence-electron chi connectivity index (χ0n) is 14.0. The highest BCUT2D eigenvalue weighted by molar-refractivity contribution is 5.93. The number of anilines is 2. The molecule has 1 N–H and O–H groups in total. The van der Waals surface area contributed by atoms with E-state index < -0.39 is 0 Å². The van der Waals surface area contributed by atoms with Gasteiger partial charge in [-0.05, 0) is 56.7 Å². The fourth-order valence-corrected chi connectivity index (χ4v) is 4.50. The number of aromatic nitrogens is 2. The van der Waals surface area contributed by atoms with Gasteiger partial charge in [0.15, 0.2) is 0 Å². The molecule has 24 heavy (non-hydrogen) atoms. The molecule has 4 heteroatoms. The number of hydrogen-bond acceptors (Lipinski definition) is 3. The predicted octanol–water partition coefficient (Wildman–Crippen LogP) is 3.68. The first-order chi connectivity index (χ1) is 11.8. The second kappa shape index (κ2) is 5.08. The summed E-state index contributed by atoms with van der Waals surface area (Å²) in [6, 6.07) is 13.3. The van der Waals surface area contributed by atoms with Crippen molar-refractivity contribution in [3.05, 3.63) is 54.4 Å². The number of para-hydroxylation sites is 1. The Bertz CT molecular complexity index is 889. The van der Waals surface area contributed by atoms with Crippen LogP contribution >= 0.6 is 0 Å². The second-order valence-corrected chi connectivity index (χ2v) is 7.26. The number of aromatic amines is 1. The fraction of sp³-hybridized carbons (Fsp3) is 0.350. The van der Waals surface area contributed by atoms with Gasteiger partial charge in [0.25, 0.3) is 0 Å². The average Bonchev–Trinajstić information content (AvgIpc) is 3.21. The van der Waals surface area contributed by atoms with Crippen molar-refractivity contribution < 1.29 is 0 Å². The smallest absolute Gasteiger partial charge is 0.139 e. The molecular weight excluding hydrogens is 296 g/mol. The SMILES string of the molecule is CN1CCC2(CC1)CN(c1ccnc3[nH]ccc13)c1ccccc12. The number of rotatable bonds is 1. The summed E-state index contributed by atoms with van der Waals surface area (Å²) >= 11 is 0. The molecule has 1 saturated heterocycles. The number of likely N-dealkylation sites (tertiary alicyclic amines) is 1. The molecule has 1 spiro atoms. The fourth-order valence-electron chi connectivity index (χ4n) is 4.50. The molecule has 122 valence electrons. The van der Waals surface area contributed by atoms with Gasteiger partial charge in [-0.25, -0.2) is 4.98 Å². The van der Waals surface area contributed by atoms with Gasteiger partial charge in [-0.2, -0.15) is 0 Å². The van der Waals surface area contributed by atoms with E-state index in [4.69, 9.17) is 0 Å². The van der Waals surface area contributed by atoms with Crippen molar-refractivity contribution in [1.82, 2.24) is 14.9 Å². The highest BCUT2D eigenvalue weighted by atomic mass is 15.2. The van der Waals surface area contributed by atoms with Crippen molar-refractivity contribution in [3.8, 4) is 0 Å². The molecule has 1 fully saturated rings. The largest absolute Gasteiger partial charge is 0.346 e. The van der Waals surface area contributed by atoms with E-state index >= 15 is 0 Å². The first kappa shape index (κ1) is 14.1. The minimum absolute atomic E-state index is 0.287. The summed E-state index contributed by atoms with van der Waals surface area (Å²) in [6.45, 7) is 3.43. The Balaban J connectivity index is 1.65. The number of hydrogen-bond donors (Lipinski definition) is 1.